The van der Waals surface area contributed by atoms with Gasteiger partial charge in [0.1, 0.15) is 52.6 Å². The summed E-state index contributed by atoms with van der Waals surface area (Å²) < 4.78 is 45.7. The van der Waals surface area contributed by atoms with Crippen LogP contribution in [0.4, 0.5) is 9.59 Å². The van der Waals surface area contributed by atoms with Crippen LogP contribution < -0.4 is 45.0 Å². The van der Waals surface area contributed by atoms with Crippen molar-refractivity contribution in [3.63, 3.8) is 0 Å². The van der Waals surface area contributed by atoms with Gasteiger partial charge in [0.2, 0.25) is 30.2 Å². The number of alkyl carbamates (subject to hydrolysis) is 2. The van der Waals surface area contributed by atoms with Gasteiger partial charge in [-0.2, -0.15) is 10.5 Å². The lowest BCUT2D eigenvalue weighted by atomic mass is 9.69. The van der Waals surface area contributed by atoms with Gasteiger partial charge in [-0.05, 0) is 163 Å². The predicted octanol–water partition coefficient (Wildman–Crippen LogP) is 6.40. The lowest BCUT2D eigenvalue weighted by Gasteiger charge is -2.60. The van der Waals surface area contributed by atoms with E-state index in [4.69, 9.17) is 37.9 Å². The lowest BCUT2D eigenvalue weighted by molar-refractivity contribution is -0.134. The van der Waals surface area contributed by atoms with E-state index >= 15 is 0 Å². The molecule has 4 bridgehead atoms. The van der Waals surface area contributed by atoms with Crippen LogP contribution in [0.5, 0.6) is 34.5 Å². The van der Waals surface area contributed by atoms with E-state index in [2.05, 4.69) is 60.2 Å². The van der Waals surface area contributed by atoms with Crippen LogP contribution in [0.25, 0.3) is 0 Å². The number of aryl methyl sites for hydroxylation is 2. The van der Waals surface area contributed by atoms with E-state index in [1.807, 2.05) is 39.8 Å². The Balaban J connectivity index is 0.000000210. The number of amides is 4. The van der Waals surface area contributed by atoms with Crippen molar-refractivity contribution in [2.45, 2.75) is 199 Å². The minimum atomic E-state index is -0.981. The molecule has 26 heteroatoms. The minimum absolute atomic E-state index is 0.0117. The van der Waals surface area contributed by atoms with E-state index in [9.17, 15) is 49.5 Å². The zero-order valence-electron chi connectivity index (χ0n) is 58.0. The molecule has 8 aliphatic rings. The molecule has 4 amide bonds. The Hall–Kier alpha value is -8.66. The molecule has 7 aliphatic heterocycles. The van der Waals surface area contributed by atoms with E-state index in [0.29, 0.717) is 64.5 Å². The molecule has 2 fully saturated rings. The highest BCUT2D eigenvalue weighted by Crippen LogP contribution is 2.59. The number of ketones is 2. The third-order valence-electron chi connectivity index (χ3n) is 19.9. The van der Waals surface area contributed by atoms with Crippen LogP contribution in [-0.4, -0.2) is 193 Å². The average molecular weight is 1330 g/mol. The molecule has 0 spiro atoms. The van der Waals surface area contributed by atoms with Crippen molar-refractivity contribution in [1.29, 1.82) is 10.5 Å². The van der Waals surface area contributed by atoms with Crippen molar-refractivity contribution >= 4 is 35.6 Å². The molecular formula is C70H90N10O16. The number of aromatic hydroxyl groups is 1. The van der Waals surface area contributed by atoms with Crippen LogP contribution in [0.2, 0.25) is 0 Å². The summed E-state index contributed by atoms with van der Waals surface area (Å²) in [5.41, 5.74) is 7.95. The maximum Gasteiger partial charge on any atom is 0.408 e. The third kappa shape index (κ3) is 12.4. The number of phenolic OH excluding ortho intramolecular Hbond substituents is 1. The molecule has 12 atom stereocenters. The molecule has 96 heavy (non-hydrogen) atoms. The molecule has 11 rings (SSSR count). The summed E-state index contributed by atoms with van der Waals surface area (Å²) in [6, 6.07) is 2.86. The standard InChI is InChI=1S/C36H47N5O9.C34H43N5O7/c1-17-10-20-11-22-24(13-37)41-23(28(40(22)7)26(20)32(30(17)46-9)47-15-45-8)12-21-27(33-31(48-16-49-33)18(2)29(21)42)25(41)14-38-34(43)19(3)39-35(44)50-36(4,5)6;1-15-10-19-11-21-23(13-35)39-22(27(38(21)8)25(19)16(2)31(15)45-9)12-20-26(30(42)29(41)17(3)28(20)40)24(39)14-36-32(43)18(4)37-33(44)46-34(5,6)7/h10,19,22-25,28,42H,11-12,14-16H2,1-9H3,(H,38,43)(H,39,44);10,18,21-24,27,40H,11-12,14H2,1-9H3,(H,36,43)(H,37,44)/t19-,22-,23?,24-,25-,28-;18-,21-,22?,23-,24-,27-/m00/s1. The van der Waals surface area contributed by atoms with Gasteiger partial charge in [-0.25, -0.2) is 9.59 Å². The van der Waals surface area contributed by atoms with Crippen LogP contribution in [0.15, 0.2) is 34.6 Å². The van der Waals surface area contributed by atoms with Crippen molar-refractivity contribution in [2.24, 2.45) is 0 Å². The Morgan fingerprint density at radius 1 is 0.646 bits per heavy atom. The highest BCUT2D eigenvalue weighted by molar-refractivity contribution is 6.50. The van der Waals surface area contributed by atoms with Gasteiger partial charge in [-0.1, -0.05) is 12.1 Å². The summed E-state index contributed by atoms with van der Waals surface area (Å²) in [6.45, 7) is 22.6. The number of nitrogens with one attached hydrogen (secondary N) is 4. The molecule has 516 valence electrons. The second kappa shape index (κ2) is 26.7. The van der Waals surface area contributed by atoms with E-state index < -0.39 is 89.1 Å². The number of benzene rings is 3. The van der Waals surface area contributed by atoms with Gasteiger partial charge in [0.05, 0.1) is 50.5 Å². The summed E-state index contributed by atoms with van der Waals surface area (Å²) in [5.74, 6) is 0.229. The molecule has 3 aromatic rings. The number of methoxy groups -OCH3 is 3. The van der Waals surface area contributed by atoms with Gasteiger partial charge in [0.15, 0.2) is 29.8 Å². The number of piperazine rings is 2. The number of rotatable bonds is 13. The van der Waals surface area contributed by atoms with Crippen molar-refractivity contribution < 1.29 is 76.9 Å². The van der Waals surface area contributed by atoms with E-state index in [1.54, 1.807) is 76.7 Å². The number of ether oxygens (including phenoxy) is 8. The number of allylic oxidation sites excluding steroid dienone is 2. The molecule has 1 aliphatic carbocycles. The first-order chi connectivity index (χ1) is 45.2. The normalized spacial score (nSPS) is 25.5. The summed E-state index contributed by atoms with van der Waals surface area (Å²) >= 11 is 0. The number of phenols is 1. The summed E-state index contributed by atoms with van der Waals surface area (Å²) in [7, 11) is 8.83. The van der Waals surface area contributed by atoms with E-state index in [0.717, 1.165) is 44.7 Å². The number of aliphatic hydroxyl groups excluding tert-OH is 1. The molecule has 0 radical (unpaired) electrons. The number of hydrogen-bond donors (Lipinski definition) is 6. The smallest absolute Gasteiger partial charge is 0.408 e. The lowest BCUT2D eigenvalue weighted by Crippen LogP contribution is -2.71. The van der Waals surface area contributed by atoms with Gasteiger partial charge < -0.3 is 69.4 Å². The number of carbonyl (C=O) groups excluding carboxylic acids is 6. The number of carbonyl (C=O) groups is 6. The highest BCUT2D eigenvalue weighted by atomic mass is 16.7. The molecule has 2 unspecified atom stereocenters. The second-order valence-corrected chi connectivity index (χ2v) is 28.2. The zero-order valence-corrected chi connectivity index (χ0v) is 58.0. The number of hydrogen-bond acceptors (Lipinski definition) is 22. The fourth-order valence-electron chi connectivity index (χ4n) is 16.0. The van der Waals surface area contributed by atoms with Crippen LogP contribution in [0.3, 0.4) is 0 Å². The summed E-state index contributed by atoms with van der Waals surface area (Å²) in [5, 5.41) is 55.6. The topological polar surface area (TPSA) is 325 Å². The Bertz CT molecular complexity index is 3860. The molecule has 0 aromatic heterocycles. The van der Waals surface area contributed by atoms with Gasteiger partial charge in [0.25, 0.3) is 0 Å². The number of nitriles is 2. The van der Waals surface area contributed by atoms with E-state index in [-0.39, 0.29) is 86.0 Å². The van der Waals surface area contributed by atoms with Gasteiger partial charge in [-0.3, -0.25) is 38.8 Å². The Morgan fingerprint density at radius 2 is 1.14 bits per heavy atom. The number of aliphatic hydroxyl groups is 1. The molecule has 7 heterocycles. The fraction of sp³-hybridized carbons (Fsp3) is 0.571. The van der Waals surface area contributed by atoms with Crippen molar-refractivity contribution in [3.05, 3.63) is 90.2 Å². The number of nitrogens with zero attached hydrogens (tertiary/aromatic N) is 6. The van der Waals surface area contributed by atoms with Crippen LogP contribution in [0.1, 0.15) is 142 Å². The van der Waals surface area contributed by atoms with Crippen LogP contribution in [0, 0.1) is 50.4 Å². The predicted molar refractivity (Wildman–Crippen MR) is 349 cm³/mol. The van der Waals surface area contributed by atoms with E-state index in [1.165, 1.54) is 13.8 Å². The quantitative estimate of drug-likeness (QED) is 0.0612. The monoisotopic (exact) mass is 1330 g/mol. The Labute approximate surface area is 560 Å². The van der Waals surface area contributed by atoms with Gasteiger partial charge >= 0.3 is 12.2 Å². The number of fused-ring (bicyclic) bond motifs is 15. The minimum Gasteiger partial charge on any atom is -0.507 e. The van der Waals surface area contributed by atoms with Crippen LogP contribution in [-0.2, 0) is 52.7 Å². The number of Topliss-reactive ketones (excluding diaryl/α,β-unsaturated/α-hetero) is 2. The van der Waals surface area contributed by atoms with Crippen molar-refractivity contribution in [3.8, 4) is 46.6 Å². The molecule has 6 N–H and O–H groups in total. The maximum atomic E-state index is 13.7. The first-order valence-electron chi connectivity index (χ1n) is 32.4. The molecule has 26 nitrogen and oxygen atoms in total. The molecule has 0 saturated carbocycles. The summed E-state index contributed by atoms with van der Waals surface area (Å²) in [6.07, 6.45) is 0.269. The molecule has 2 saturated heterocycles. The third-order valence-corrected chi connectivity index (χ3v) is 19.9. The first-order valence-corrected chi connectivity index (χ1v) is 32.4. The maximum absolute atomic E-state index is 13.7. The SMILES string of the molecule is COCOc1c(OC)c(C)cc2c1[C@@H]1C3Cc4c(O)c(C)c5c(c4[C@H](CNC(=O)[C@H](C)NC(=O)OC(C)(C)C)N3[C@@H](C#N)[C@H](C2)N1C)OCO5.COc1c(C)cc2c(c1C)[C@@H]1C3CC4=C(C(=O)C(=O)C(C)=C4O)[C@H](CNC(=O)[C@H](C)NC(=O)OC(C)(C)C)N3[C@@H](C#N)[C@H](C2)N1C. The Morgan fingerprint density at radius 3 is 1.66 bits per heavy atom. The molecular weight excluding hydrogens is 1240 g/mol. The van der Waals surface area contributed by atoms with Crippen molar-refractivity contribution in [2.75, 3.05) is 62.1 Å². The van der Waals surface area contributed by atoms with Gasteiger partial charge in [-0.15, -0.1) is 0 Å². The number of likely N-dealkylation sites (N-methyl/N-ethyl adjacent to an activating group) is 2. The zero-order chi connectivity index (χ0) is 70.2. The average Bonchev–Trinajstić information content (AvgIpc) is 0.766. The molecule has 3 aromatic carbocycles. The first kappa shape index (κ1) is 70.1. The largest absolute Gasteiger partial charge is 0.507 e. The fourth-order valence-corrected chi connectivity index (χ4v) is 16.0. The van der Waals surface area contributed by atoms with Crippen molar-refractivity contribution in [1.82, 2.24) is 40.9 Å². The van der Waals surface area contributed by atoms with Gasteiger partial charge in [0, 0.05) is 83.3 Å². The second-order valence-electron chi connectivity index (χ2n) is 28.2. The highest BCUT2D eigenvalue weighted by Gasteiger charge is 2.59. The summed E-state index contributed by atoms with van der Waals surface area (Å²) in [4.78, 5) is 86.8. The van der Waals surface area contributed by atoms with Crippen LogP contribution >= 0.6 is 0 Å². The Kier molecular flexibility index (Phi) is 19.5.